The van der Waals surface area contributed by atoms with Crippen molar-refractivity contribution >= 4 is 23.4 Å². The predicted molar refractivity (Wildman–Crippen MR) is 76.9 cm³/mol. The molecular weight excluding hydrogens is 335 g/mol. The fourth-order valence-corrected chi connectivity index (χ4v) is 2.47. The molecule has 5 nitrogen and oxygen atoms in total. The topological polar surface area (TPSA) is 62.3 Å². The van der Waals surface area contributed by atoms with Gasteiger partial charge in [-0.15, -0.1) is 0 Å². The van der Waals surface area contributed by atoms with Crippen molar-refractivity contribution in [2.75, 3.05) is 19.6 Å². The number of hydrogen-bond acceptors (Lipinski definition) is 3. The van der Waals surface area contributed by atoms with Gasteiger partial charge >= 0.3 is 12.1 Å². The Morgan fingerprint density at radius 2 is 1.96 bits per heavy atom. The Balaban J connectivity index is 1.77. The van der Waals surface area contributed by atoms with Crippen molar-refractivity contribution in [3.63, 3.8) is 0 Å². The molecule has 2 heterocycles. The lowest BCUT2D eigenvalue weighted by atomic mass is 9.96. The van der Waals surface area contributed by atoms with Crippen molar-refractivity contribution in [3.05, 3.63) is 29.0 Å². The Morgan fingerprint density at radius 3 is 2.48 bits per heavy atom. The summed E-state index contributed by atoms with van der Waals surface area (Å²) in [7, 11) is 0. The number of nitrogens with one attached hydrogen (secondary N) is 1. The highest BCUT2D eigenvalue weighted by atomic mass is 35.5. The monoisotopic (exact) mass is 349 g/mol. The molecule has 0 bridgehead atoms. The van der Waals surface area contributed by atoms with Crippen LogP contribution in [-0.2, 0) is 4.79 Å². The third-order valence-corrected chi connectivity index (χ3v) is 3.88. The zero-order valence-corrected chi connectivity index (χ0v) is 12.8. The van der Waals surface area contributed by atoms with Gasteiger partial charge in [0.1, 0.15) is 5.69 Å². The molecule has 23 heavy (non-hydrogen) atoms. The van der Waals surface area contributed by atoms with E-state index in [0.717, 1.165) is 4.90 Å². The van der Waals surface area contributed by atoms with Gasteiger partial charge in [-0.25, -0.2) is 4.98 Å². The molecule has 2 rings (SSSR count). The number of carbonyl (C=O) groups excluding carboxylic acids is 2. The van der Waals surface area contributed by atoms with E-state index >= 15 is 0 Å². The van der Waals surface area contributed by atoms with Crippen molar-refractivity contribution < 1.29 is 22.8 Å². The second-order valence-electron chi connectivity index (χ2n) is 5.31. The van der Waals surface area contributed by atoms with E-state index in [-0.39, 0.29) is 30.6 Å². The summed E-state index contributed by atoms with van der Waals surface area (Å²) in [6.07, 6.45) is -2.65. The fraction of sp³-hybridized carbons (Fsp3) is 0.500. The molecule has 0 unspecified atom stereocenters. The Bertz CT molecular complexity index is 570. The number of halogens is 4. The van der Waals surface area contributed by atoms with Gasteiger partial charge in [0.15, 0.2) is 0 Å². The molecule has 1 N–H and O–H groups in total. The van der Waals surface area contributed by atoms with Crippen LogP contribution in [0.15, 0.2) is 18.3 Å². The summed E-state index contributed by atoms with van der Waals surface area (Å²) in [5.74, 6) is -2.13. The van der Waals surface area contributed by atoms with Gasteiger partial charge in [-0.1, -0.05) is 11.6 Å². The summed E-state index contributed by atoms with van der Waals surface area (Å²) < 4.78 is 37.0. The highest BCUT2D eigenvalue weighted by Crippen LogP contribution is 2.23. The average Bonchev–Trinajstić information content (AvgIpc) is 2.52. The molecule has 0 radical (unpaired) electrons. The van der Waals surface area contributed by atoms with E-state index in [2.05, 4.69) is 10.3 Å². The summed E-state index contributed by atoms with van der Waals surface area (Å²) in [5.41, 5.74) is 0.221. The first-order chi connectivity index (χ1) is 10.8. The lowest BCUT2D eigenvalue weighted by Crippen LogP contribution is -2.46. The van der Waals surface area contributed by atoms with E-state index in [1.54, 1.807) is 6.07 Å². The molecule has 1 aliphatic rings. The van der Waals surface area contributed by atoms with Crippen LogP contribution in [0.2, 0.25) is 5.02 Å². The van der Waals surface area contributed by atoms with E-state index in [0.29, 0.717) is 24.4 Å². The third-order valence-electron chi connectivity index (χ3n) is 3.66. The maximum atomic E-state index is 12.3. The van der Waals surface area contributed by atoms with Crippen LogP contribution >= 0.6 is 11.6 Å². The Morgan fingerprint density at radius 1 is 1.30 bits per heavy atom. The molecule has 0 atom stereocenters. The van der Waals surface area contributed by atoms with Crippen LogP contribution in [0.4, 0.5) is 13.2 Å². The van der Waals surface area contributed by atoms with E-state index in [9.17, 15) is 22.8 Å². The molecule has 0 aromatic carbocycles. The lowest BCUT2D eigenvalue weighted by molar-refractivity contribution is -0.186. The molecule has 126 valence electrons. The summed E-state index contributed by atoms with van der Waals surface area (Å²) >= 11 is 5.68. The standard InChI is InChI=1S/C14H15ClF3N3O2/c15-10-1-2-11(19-8-10)12(22)20-7-9-3-5-21(6-4-9)13(23)14(16,17)18/h1-2,8-9H,3-7H2,(H,20,22). The van der Waals surface area contributed by atoms with Gasteiger partial charge in [-0.2, -0.15) is 13.2 Å². The smallest absolute Gasteiger partial charge is 0.350 e. The Labute approximate surface area is 135 Å². The maximum Gasteiger partial charge on any atom is 0.471 e. The van der Waals surface area contributed by atoms with Crippen LogP contribution in [0.1, 0.15) is 23.3 Å². The van der Waals surface area contributed by atoms with E-state index < -0.39 is 12.1 Å². The van der Waals surface area contributed by atoms with Crippen molar-refractivity contribution in [3.8, 4) is 0 Å². The van der Waals surface area contributed by atoms with Gasteiger partial charge in [0.2, 0.25) is 0 Å². The lowest BCUT2D eigenvalue weighted by Gasteiger charge is -2.32. The zero-order valence-electron chi connectivity index (χ0n) is 12.1. The molecule has 1 fully saturated rings. The highest BCUT2D eigenvalue weighted by molar-refractivity contribution is 6.30. The van der Waals surface area contributed by atoms with Crippen LogP contribution in [-0.4, -0.2) is 47.5 Å². The van der Waals surface area contributed by atoms with Crippen LogP contribution in [0.25, 0.3) is 0 Å². The first kappa shape index (κ1) is 17.5. The summed E-state index contributed by atoms with van der Waals surface area (Å²) in [5, 5.41) is 3.11. The Hall–Kier alpha value is -1.83. The van der Waals surface area contributed by atoms with E-state index in [4.69, 9.17) is 11.6 Å². The van der Waals surface area contributed by atoms with Crippen LogP contribution in [0.5, 0.6) is 0 Å². The Kier molecular flexibility index (Phi) is 5.46. The second kappa shape index (κ2) is 7.16. The third kappa shape index (κ3) is 4.82. The number of amides is 2. The van der Waals surface area contributed by atoms with Gasteiger partial charge in [0.05, 0.1) is 5.02 Å². The van der Waals surface area contributed by atoms with Crippen LogP contribution < -0.4 is 5.32 Å². The molecule has 9 heteroatoms. The minimum atomic E-state index is -4.83. The molecule has 0 aliphatic carbocycles. The minimum Gasteiger partial charge on any atom is -0.350 e. The molecule has 2 amide bonds. The van der Waals surface area contributed by atoms with Crippen molar-refractivity contribution in [1.29, 1.82) is 0 Å². The van der Waals surface area contributed by atoms with Gasteiger partial charge in [-0.05, 0) is 30.9 Å². The molecule has 1 aromatic heterocycles. The SMILES string of the molecule is O=C(NCC1CCN(C(=O)C(F)(F)F)CC1)c1ccc(Cl)cn1. The number of rotatable bonds is 3. The van der Waals surface area contributed by atoms with Gasteiger partial charge in [0.25, 0.3) is 5.91 Å². The van der Waals surface area contributed by atoms with E-state index in [1.165, 1.54) is 12.3 Å². The summed E-state index contributed by atoms with van der Waals surface area (Å²) in [4.78, 5) is 27.7. The van der Waals surface area contributed by atoms with Gasteiger partial charge in [0, 0.05) is 25.8 Å². The number of hydrogen-bond donors (Lipinski definition) is 1. The first-order valence-corrected chi connectivity index (χ1v) is 7.41. The quantitative estimate of drug-likeness (QED) is 0.910. The number of likely N-dealkylation sites (tertiary alicyclic amines) is 1. The molecule has 0 spiro atoms. The number of carbonyl (C=O) groups is 2. The summed E-state index contributed by atoms with van der Waals surface area (Å²) in [6, 6.07) is 3.03. The molecule has 1 aromatic rings. The number of aromatic nitrogens is 1. The fourth-order valence-electron chi connectivity index (χ4n) is 2.36. The molecule has 0 saturated carbocycles. The summed E-state index contributed by atoms with van der Waals surface area (Å²) in [6.45, 7) is 0.410. The second-order valence-corrected chi connectivity index (χ2v) is 5.74. The predicted octanol–water partition coefficient (Wildman–Crippen LogP) is 2.27. The van der Waals surface area contributed by atoms with Crippen molar-refractivity contribution in [2.24, 2.45) is 5.92 Å². The molecular formula is C14H15ClF3N3O2. The van der Waals surface area contributed by atoms with Crippen molar-refractivity contribution in [2.45, 2.75) is 19.0 Å². The number of alkyl halides is 3. The molecule has 1 saturated heterocycles. The number of nitrogens with zero attached hydrogens (tertiary/aromatic N) is 2. The number of pyridine rings is 1. The van der Waals surface area contributed by atoms with Gasteiger partial charge in [-0.3, -0.25) is 9.59 Å². The zero-order chi connectivity index (χ0) is 17.0. The maximum absolute atomic E-state index is 12.3. The highest BCUT2D eigenvalue weighted by Gasteiger charge is 2.43. The normalized spacial score (nSPS) is 16.3. The largest absolute Gasteiger partial charge is 0.471 e. The average molecular weight is 350 g/mol. The first-order valence-electron chi connectivity index (χ1n) is 7.03. The van der Waals surface area contributed by atoms with Gasteiger partial charge < -0.3 is 10.2 Å². The van der Waals surface area contributed by atoms with Crippen LogP contribution in [0.3, 0.4) is 0 Å². The van der Waals surface area contributed by atoms with E-state index in [1.807, 2.05) is 0 Å². The molecule has 1 aliphatic heterocycles. The number of piperidine rings is 1. The van der Waals surface area contributed by atoms with Crippen molar-refractivity contribution in [1.82, 2.24) is 15.2 Å². The minimum absolute atomic E-state index is 0.0310. The van der Waals surface area contributed by atoms with Crippen LogP contribution in [0, 0.1) is 5.92 Å².